The van der Waals surface area contributed by atoms with Crippen molar-refractivity contribution in [2.75, 3.05) is 59.2 Å². The highest BCUT2D eigenvalue weighted by atomic mass is 35.5. The van der Waals surface area contributed by atoms with E-state index in [2.05, 4.69) is 22.8 Å². The molecule has 1 aromatic heterocycles. The molecule has 3 aromatic carbocycles. The van der Waals surface area contributed by atoms with Gasteiger partial charge in [0.2, 0.25) is 6.79 Å². The van der Waals surface area contributed by atoms with Gasteiger partial charge in [-0.05, 0) is 48.9 Å². The number of hydrogen-bond acceptors (Lipinski definition) is 8. The van der Waals surface area contributed by atoms with Gasteiger partial charge >= 0.3 is 0 Å². The largest absolute Gasteiger partial charge is 0.495 e. The average molecular weight is 579 g/mol. The number of benzene rings is 3. The first-order valence-corrected chi connectivity index (χ1v) is 14.2. The van der Waals surface area contributed by atoms with E-state index in [4.69, 9.17) is 40.4 Å². The van der Waals surface area contributed by atoms with Gasteiger partial charge in [-0.2, -0.15) is 5.10 Å². The van der Waals surface area contributed by atoms with E-state index < -0.39 is 0 Å². The molecule has 6 rings (SSSR count). The molecule has 1 saturated heterocycles. The maximum Gasteiger partial charge on any atom is 0.231 e. The Morgan fingerprint density at radius 1 is 0.854 bits per heavy atom. The first kappa shape index (κ1) is 27.4. The smallest absolute Gasteiger partial charge is 0.231 e. The topological polar surface area (TPSA) is 70.5 Å². The lowest BCUT2D eigenvalue weighted by molar-refractivity contribution is 0.174. The van der Waals surface area contributed by atoms with Crippen LogP contribution in [0.5, 0.6) is 28.7 Å². The summed E-state index contributed by atoms with van der Waals surface area (Å²) in [5.74, 6) is 3.76. The molecular formula is C31H35ClN4O5. The zero-order valence-electron chi connectivity index (χ0n) is 23.9. The summed E-state index contributed by atoms with van der Waals surface area (Å²) < 4.78 is 30.0. The summed E-state index contributed by atoms with van der Waals surface area (Å²) in [6.07, 6.45) is 0.815. The lowest BCUT2D eigenvalue weighted by atomic mass is 10.1. The first-order chi connectivity index (χ1) is 20.0. The Morgan fingerprint density at radius 2 is 1.56 bits per heavy atom. The predicted molar refractivity (Wildman–Crippen MR) is 159 cm³/mol. The SMILES string of the molecule is COc1ccc(Cn2nc(CC(C)N3CCN(c4cc(Cl)ccc4OC)CC3)c3cc4c(cc32)OCO4)cc1OC. The van der Waals surface area contributed by atoms with Crippen LogP contribution in [0.15, 0.2) is 48.5 Å². The van der Waals surface area contributed by atoms with Gasteiger partial charge in [-0.1, -0.05) is 17.7 Å². The maximum atomic E-state index is 6.30. The van der Waals surface area contributed by atoms with E-state index in [9.17, 15) is 0 Å². The molecule has 0 amide bonds. The molecule has 3 heterocycles. The van der Waals surface area contributed by atoms with Gasteiger partial charge in [-0.25, -0.2) is 0 Å². The molecule has 10 heteroatoms. The number of ether oxygens (including phenoxy) is 5. The molecular weight excluding hydrogens is 544 g/mol. The molecule has 41 heavy (non-hydrogen) atoms. The third-order valence-electron chi connectivity index (χ3n) is 8.01. The Kier molecular flexibility index (Phi) is 7.73. The van der Waals surface area contributed by atoms with E-state index in [-0.39, 0.29) is 6.79 Å². The summed E-state index contributed by atoms with van der Waals surface area (Å²) >= 11 is 6.30. The summed E-state index contributed by atoms with van der Waals surface area (Å²) in [5.41, 5.74) is 4.18. The molecule has 0 N–H and O–H groups in total. The molecule has 1 atom stereocenters. The summed E-state index contributed by atoms with van der Waals surface area (Å²) in [4.78, 5) is 4.88. The van der Waals surface area contributed by atoms with Crippen LogP contribution in [0.25, 0.3) is 10.9 Å². The highest BCUT2D eigenvalue weighted by molar-refractivity contribution is 6.30. The van der Waals surface area contributed by atoms with Crippen molar-refractivity contribution >= 4 is 28.2 Å². The molecule has 0 aliphatic carbocycles. The Morgan fingerprint density at radius 3 is 2.29 bits per heavy atom. The highest BCUT2D eigenvalue weighted by Gasteiger charge is 2.26. The number of piperazine rings is 1. The number of aromatic nitrogens is 2. The van der Waals surface area contributed by atoms with Crippen LogP contribution in [0, 0.1) is 0 Å². The summed E-state index contributed by atoms with van der Waals surface area (Å²) in [7, 11) is 4.99. The normalized spacial score (nSPS) is 15.8. The predicted octanol–water partition coefficient (Wildman–Crippen LogP) is 5.25. The maximum absolute atomic E-state index is 6.30. The zero-order chi connectivity index (χ0) is 28.5. The van der Waals surface area contributed by atoms with Gasteiger partial charge in [0, 0.05) is 55.1 Å². The highest BCUT2D eigenvalue weighted by Crippen LogP contribution is 2.38. The van der Waals surface area contributed by atoms with Crippen molar-refractivity contribution in [3.63, 3.8) is 0 Å². The molecule has 1 unspecified atom stereocenters. The number of hydrogen-bond donors (Lipinski definition) is 0. The summed E-state index contributed by atoms with van der Waals surface area (Å²) in [5, 5.41) is 6.92. The van der Waals surface area contributed by atoms with Gasteiger partial charge in [-0.15, -0.1) is 0 Å². The average Bonchev–Trinajstić information content (AvgIpc) is 3.59. The number of fused-ring (bicyclic) bond motifs is 2. The molecule has 9 nitrogen and oxygen atoms in total. The van der Waals surface area contributed by atoms with E-state index >= 15 is 0 Å². The molecule has 0 saturated carbocycles. The lowest BCUT2D eigenvalue weighted by Crippen LogP contribution is -2.50. The Hall–Kier alpha value is -3.82. The minimum Gasteiger partial charge on any atom is -0.495 e. The fourth-order valence-electron chi connectivity index (χ4n) is 5.78. The molecule has 0 radical (unpaired) electrons. The molecule has 4 aromatic rings. The van der Waals surface area contributed by atoms with Gasteiger partial charge in [0.05, 0.1) is 44.8 Å². The van der Waals surface area contributed by atoms with Gasteiger partial charge in [0.1, 0.15) is 5.75 Å². The van der Waals surface area contributed by atoms with Crippen LogP contribution >= 0.6 is 11.6 Å². The number of rotatable bonds is 9. The van der Waals surface area contributed by atoms with Crippen molar-refractivity contribution < 1.29 is 23.7 Å². The second-order valence-electron chi connectivity index (χ2n) is 10.4. The van der Waals surface area contributed by atoms with Crippen LogP contribution in [0.3, 0.4) is 0 Å². The van der Waals surface area contributed by atoms with Crippen molar-refractivity contribution in [3.05, 3.63) is 64.8 Å². The minimum absolute atomic E-state index is 0.235. The van der Waals surface area contributed by atoms with Crippen LogP contribution in [0.2, 0.25) is 5.02 Å². The van der Waals surface area contributed by atoms with Crippen LogP contribution in [0.4, 0.5) is 5.69 Å². The van der Waals surface area contributed by atoms with E-state index in [1.807, 2.05) is 47.1 Å². The van der Waals surface area contributed by atoms with Crippen LogP contribution < -0.4 is 28.6 Å². The lowest BCUT2D eigenvalue weighted by Gasteiger charge is -2.39. The molecule has 0 spiro atoms. The van der Waals surface area contributed by atoms with Crippen molar-refractivity contribution in [1.29, 1.82) is 0 Å². The van der Waals surface area contributed by atoms with Crippen LogP contribution in [-0.4, -0.2) is 75.0 Å². The Labute approximate surface area is 245 Å². The molecule has 2 aliphatic rings. The Bertz CT molecular complexity index is 1550. The van der Waals surface area contributed by atoms with Gasteiger partial charge in [-0.3, -0.25) is 9.58 Å². The minimum atomic E-state index is 0.235. The zero-order valence-corrected chi connectivity index (χ0v) is 24.6. The molecule has 216 valence electrons. The number of anilines is 1. The van der Waals surface area contributed by atoms with E-state index in [0.29, 0.717) is 29.1 Å². The first-order valence-electron chi connectivity index (χ1n) is 13.8. The van der Waals surface area contributed by atoms with E-state index in [1.54, 1.807) is 21.3 Å². The summed E-state index contributed by atoms with van der Waals surface area (Å²) in [6.45, 7) is 6.77. The second kappa shape index (κ2) is 11.6. The van der Waals surface area contributed by atoms with Gasteiger partial charge in [0.25, 0.3) is 0 Å². The van der Waals surface area contributed by atoms with E-state index in [1.165, 1.54) is 0 Å². The Balaban J connectivity index is 1.22. The van der Waals surface area contributed by atoms with Crippen molar-refractivity contribution in [1.82, 2.24) is 14.7 Å². The number of methoxy groups -OCH3 is 3. The molecule has 0 bridgehead atoms. The van der Waals surface area contributed by atoms with Crippen molar-refractivity contribution in [2.24, 2.45) is 0 Å². The van der Waals surface area contributed by atoms with Crippen LogP contribution in [0.1, 0.15) is 18.2 Å². The quantitative estimate of drug-likeness (QED) is 0.267. The number of nitrogens with zero attached hydrogens (tertiary/aromatic N) is 4. The summed E-state index contributed by atoms with van der Waals surface area (Å²) in [6, 6.07) is 16.2. The third kappa shape index (κ3) is 5.44. The van der Waals surface area contributed by atoms with Gasteiger partial charge in [0.15, 0.2) is 23.0 Å². The standard InChI is InChI=1S/C31H35ClN4O5/c1-20(34-9-11-35(12-10-34)26-15-22(32)6-8-27(26)37-2)13-24-23-16-30-31(41-19-40-30)17-25(23)36(33-24)18-21-5-7-28(38-3)29(14-21)39-4/h5-8,14-17,20H,9-13,18-19H2,1-4H3. The van der Waals surface area contributed by atoms with Crippen LogP contribution in [-0.2, 0) is 13.0 Å². The fourth-order valence-corrected chi connectivity index (χ4v) is 5.94. The second-order valence-corrected chi connectivity index (χ2v) is 10.8. The molecule has 1 fully saturated rings. The van der Waals surface area contributed by atoms with E-state index in [0.717, 1.165) is 77.7 Å². The van der Waals surface area contributed by atoms with Crippen molar-refractivity contribution in [2.45, 2.75) is 25.9 Å². The third-order valence-corrected chi connectivity index (χ3v) is 8.24. The number of halogens is 1. The van der Waals surface area contributed by atoms with Gasteiger partial charge < -0.3 is 28.6 Å². The van der Waals surface area contributed by atoms with Crippen molar-refractivity contribution in [3.8, 4) is 28.7 Å². The molecule has 2 aliphatic heterocycles. The monoisotopic (exact) mass is 578 g/mol. The fraction of sp³-hybridized carbons (Fsp3) is 0.387.